The summed E-state index contributed by atoms with van der Waals surface area (Å²) in [7, 11) is -2.99. The third kappa shape index (κ3) is 7.56. The van der Waals surface area contributed by atoms with Gasteiger partial charge in [-0.1, -0.05) is 55.5 Å². The number of benzene rings is 3. The number of hydrogen-bond acceptors (Lipinski definition) is 5. The van der Waals surface area contributed by atoms with Crippen LogP contribution < -0.4 is 4.18 Å². The first kappa shape index (κ1) is 28.2. The molecule has 198 valence electrons. The highest BCUT2D eigenvalue weighted by molar-refractivity contribution is 7.87. The van der Waals surface area contributed by atoms with E-state index < -0.39 is 26.8 Å². The molecule has 10 heteroatoms. The maximum Gasteiger partial charge on any atom is 0.416 e. The van der Waals surface area contributed by atoms with Crippen molar-refractivity contribution in [3.05, 3.63) is 95.6 Å². The minimum atomic E-state index is -4.69. The van der Waals surface area contributed by atoms with Crippen LogP contribution >= 0.6 is 0 Å². The Morgan fingerprint density at radius 3 is 2.32 bits per heavy atom. The number of hydrogen-bond donors (Lipinski definition) is 0. The fourth-order valence-electron chi connectivity index (χ4n) is 3.85. The number of halogens is 3. The number of carbonyl (C=O) groups is 1. The van der Waals surface area contributed by atoms with Gasteiger partial charge in [-0.3, -0.25) is 4.79 Å². The van der Waals surface area contributed by atoms with Gasteiger partial charge in [0.05, 0.1) is 18.1 Å². The largest absolute Gasteiger partial charge is 0.416 e. The Hall–Kier alpha value is -3.37. The van der Waals surface area contributed by atoms with Crippen LogP contribution in [0, 0.1) is 0 Å². The maximum atomic E-state index is 13.4. The van der Waals surface area contributed by atoms with Crippen LogP contribution in [0.4, 0.5) is 13.2 Å². The van der Waals surface area contributed by atoms with E-state index in [-0.39, 0.29) is 24.1 Å². The van der Waals surface area contributed by atoms with Gasteiger partial charge in [-0.2, -0.15) is 21.6 Å². The number of rotatable bonds is 11. The molecule has 0 saturated carbocycles. The zero-order chi connectivity index (χ0) is 27.1. The fraction of sp³-hybridized carbons (Fsp3) is 0.296. The third-order valence-corrected chi connectivity index (χ3v) is 6.96. The second kappa shape index (κ2) is 12.2. The third-order valence-electron chi connectivity index (χ3n) is 5.71. The SMILES string of the molecule is CCC(C(=O)N(CCOC)Cc1cccc(OS(=O)(=O)c2cccc(C(F)(F)F)c2)c1)c1ccccc1. The summed E-state index contributed by atoms with van der Waals surface area (Å²) in [4.78, 5) is 14.5. The Labute approximate surface area is 214 Å². The minimum absolute atomic E-state index is 0.0795. The van der Waals surface area contributed by atoms with Gasteiger partial charge in [0, 0.05) is 20.2 Å². The summed E-state index contributed by atoms with van der Waals surface area (Å²) in [6, 6.07) is 18.9. The molecule has 3 aromatic carbocycles. The molecule has 0 heterocycles. The molecule has 6 nitrogen and oxygen atoms in total. The van der Waals surface area contributed by atoms with Crippen molar-refractivity contribution in [1.82, 2.24) is 4.90 Å². The first-order chi connectivity index (χ1) is 17.5. The van der Waals surface area contributed by atoms with Gasteiger partial charge in [0.1, 0.15) is 10.6 Å². The summed E-state index contributed by atoms with van der Waals surface area (Å²) in [5.41, 5.74) is 0.382. The Kier molecular flexibility index (Phi) is 9.34. The molecule has 1 atom stereocenters. The maximum absolute atomic E-state index is 13.4. The molecule has 0 aromatic heterocycles. The van der Waals surface area contributed by atoms with Crippen molar-refractivity contribution in [1.29, 1.82) is 0 Å². The zero-order valence-corrected chi connectivity index (χ0v) is 21.3. The quantitative estimate of drug-likeness (QED) is 0.297. The van der Waals surface area contributed by atoms with Crippen LogP contribution in [0.1, 0.15) is 36.0 Å². The average molecular weight is 536 g/mol. The van der Waals surface area contributed by atoms with E-state index in [1.165, 1.54) is 19.2 Å². The summed E-state index contributed by atoms with van der Waals surface area (Å²) >= 11 is 0. The van der Waals surface area contributed by atoms with Crippen LogP contribution in [-0.4, -0.2) is 39.5 Å². The monoisotopic (exact) mass is 535 g/mol. The van der Waals surface area contributed by atoms with E-state index in [1.807, 2.05) is 37.3 Å². The van der Waals surface area contributed by atoms with E-state index in [2.05, 4.69) is 0 Å². The first-order valence-electron chi connectivity index (χ1n) is 11.6. The fourth-order valence-corrected chi connectivity index (χ4v) is 4.82. The Bertz CT molecular complexity index is 1300. The van der Waals surface area contributed by atoms with E-state index in [1.54, 1.807) is 17.0 Å². The predicted octanol–water partition coefficient (Wildman–Crippen LogP) is 5.64. The van der Waals surface area contributed by atoms with Gasteiger partial charge < -0.3 is 13.8 Å². The smallest absolute Gasteiger partial charge is 0.383 e. The summed E-state index contributed by atoms with van der Waals surface area (Å²) in [5.74, 6) is -0.545. The predicted molar refractivity (Wildman–Crippen MR) is 132 cm³/mol. The van der Waals surface area contributed by atoms with Crippen LogP contribution in [0.5, 0.6) is 5.75 Å². The lowest BCUT2D eigenvalue weighted by molar-refractivity contribution is -0.137. The van der Waals surface area contributed by atoms with Gasteiger partial charge in [-0.05, 0) is 47.9 Å². The van der Waals surface area contributed by atoms with Crippen molar-refractivity contribution in [2.45, 2.75) is 36.9 Å². The number of amides is 1. The van der Waals surface area contributed by atoms with Crippen molar-refractivity contribution in [2.24, 2.45) is 0 Å². The molecule has 0 bridgehead atoms. The van der Waals surface area contributed by atoms with E-state index >= 15 is 0 Å². The molecule has 0 fully saturated rings. The van der Waals surface area contributed by atoms with Gasteiger partial charge in [0.25, 0.3) is 0 Å². The van der Waals surface area contributed by atoms with Crippen molar-refractivity contribution in [2.75, 3.05) is 20.3 Å². The molecule has 0 aliphatic carbocycles. The Balaban J connectivity index is 1.82. The molecule has 0 saturated heterocycles. The highest BCUT2D eigenvalue weighted by Gasteiger charge is 2.32. The zero-order valence-electron chi connectivity index (χ0n) is 20.4. The molecular formula is C27H28F3NO5S. The lowest BCUT2D eigenvalue weighted by Crippen LogP contribution is -2.37. The van der Waals surface area contributed by atoms with Crippen molar-refractivity contribution < 1.29 is 35.3 Å². The standard InChI is InChI=1S/C27H28F3NO5S/c1-3-25(21-10-5-4-6-11-21)26(32)31(15-16-35-2)19-20-9-7-13-23(17-20)36-37(33,34)24-14-8-12-22(18-24)27(28,29)30/h4-14,17-18,25H,3,15-16,19H2,1-2H3. The second-order valence-electron chi connectivity index (χ2n) is 8.33. The molecule has 1 unspecified atom stereocenters. The number of carbonyl (C=O) groups excluding carboxylic acids is 1. The first-order valence-corrected chi connectivity index (χ1v) is 13.0. The number of ether oxygens (including phenoxy) is 1. The van der Waals surface area contributed by atoms with Crippen LogP contribution in [0.2, 0.25) is 0 Å². The molecular weight excluding hydrogens is 507 g/mol. The second-order valence-corrected chi connectivity index (χ2v) is 9.88. The van der Waals surface area contributed by atoms with Crippen LogP contribution in [0.25, 0.3) is 0 Å². The summed E-state index contributed by atoms with van der Waals surface area (Å²) in [6.07, 6.45) is -4.11. The summed E-state index contributed by atoms with van der Waals surface area (Å²) in [6.45, 7) is 2.70. The lowest BCUT2D eigenvalue weighted by atomic mass is 9.95. The summed E-state index contributed by atoms with van der Waals surface area (Å²) in [5, 5.41) is 0. The number of nitrogens with zero attached hydrogens (tertiary/aromatic N) is 1. The van der Waals surface area contributed by atoms with Crippen LogP contribution in [-0.2, 0) is 32.4 Å². The molecule has 0 aliphatic heterocycles. The van der Waals surface area contributed by atoms with E-state index in [0.29, 0.717) is 31.2 Å². The molecule has 0 spiro atoms. The Morgan fingerprint density at radius 2 is 1.68 bits per heavy atom. The highest BCUT2D eigenvalue weighted by Crippen LogP contribution is 2.31. The molecule has 0 radical (unpaired) electrons. The Morgan fingerprint density at radius 1 is 0.973 bits per heavy atom. The van der Waals surface area contributed by atoms with Crippen molar-refractivity contribution in [3.63, 3.8) is 0 Å². The van der Waals surface area contributed by atoms with E-state index in [9.17, 15) is 26.4 Å². The van der Waals surface area contributed by atoms with Crippen LogP contribution in [0.15, 0.2) is 83.8 Å². The normalized spacial score (nSPS) is 12.7. The number of alkyl halides is 3. The van der Waals surface area contributed by atoms with Crippen LogP contribution in [0.3, 0.4) is 0 Å². The molecule has 37 heavy (non-hydrogen) atoms. The van der Waals surface area contributed by atoms with Gasteiger partial charge in [0.2, 0.25) is 5.91 Å². The molecule has 0 N–H and O–H groups in total. The highest BCUT2D eigenvalue weighted by atomic mass is 32.2. The van der Waals surface area contributed by atoms with Gasteiger partial charge >= 0.3 is 16.3 Å². The average Bonchev–Trinajstić information content (AvgIpc) is 2.87. The van der Waals surface area contributed by atoms with Crippen molar-refractivity contribution >= 4 is 16.0 Å². The van der Waals surface area contributed by atoms with E-state index in [4.69, 9.17) is 8.92 Å². The lowest BCUT2D eigenvalue weighted by Gasteiger charge is -2.27. The van der Waals surface area contributed by atoms with Gasteiger partial charge in [-0.25, -0.2) is 0 Å². The molecule has 0 aliphatic rings. The van der Waals surface area contributed by atoms with Gasteiger partial charge in [-0.15, -0.1) is 0 Å². The summed E-state index contributed by atoms with van der Waals surface area (Å²) < 4.78 is 74.7. The molecule has 3 rings (SSSR count). The minimum Gasteiger partial charge on any atom is -0.383 e. The number of methoxy groups -OCH3 is 1. The molecule has 1 amide bonds. The van der Waals surface area contributed by atoms with Gasteiger partial charge in [0.15, 0.2) is 0 Å². The molecule has 3 aromatic rings. The van der Waals surface area contributed by atoms with E-state index in [0.717, 1.165) is 23.8 Å². The topological polar surface area (TPSA) is 72.9 Å². The van der Waals surface area contributed by atoms with Crippen molar-refractivity contribution in [3.8, 4) is 5.75 Å².